The predicted octanol–water partition coefficient (Wildman–Crippen LogP) is 4.42. The van der Waals surface area contributed by atoms with Crippen LogP contribution < -0.4 is 14.8 Å². The van der Waals surface area contributed by atoms with Gasteiger partial charge in [-0.2, -0.15) is 0 Å². The molecule has 0 spiro atoms. The summed E-state index contributed by atoms with van der Waals surface area (Å²) in [6.07, 6.45) is 7.42. The van der Waals surface area contributed by atoms with Crippen molar-refractivity contribution in [1.82, 2.24) is 4.72 Å². The summed E-state index contributed by atoms with van der Waals surface area (Å²) in [7, 11) is -2.23. The fraction of sp³-hybridized carbons (Fsp3) is 0.348. The molecule has 2 aromatic rings. The summed E-state index contributed by atoms with van der Waals surface area (Å²) in [5, 5.41) is 2.77. The van der Waals surface area contributed by atoms with Gasteiger partial charge < -0.3 is 10.1 Å². The maximum atomic E-state index is 12.8. The Morgan fingerprint density at radius 3 is 2.63 bits per heavy atom. The molecule has 0 radical (unpaired) electrons. The lowest BCUT2D eigenvalue weighted by Gasteiger charge is -2.15. The van der Waals surface area contributed by atoms with Gasteiger partial charge in [0.1, 0.15) is 5.75 Å². The third-order valence-corrected chi connectivity index (χ3v) is 6.70. The second-order valence-corrected chi connectivity index (χ2v) is 9.15. The number of allylic oxidation sites excluding steroid dienone is 1. The Morgan fingerprint density at radius 2 is 1.93 bits per heavy atom. The monoisotopic (exact) mass is 428 g/mol. The molecule has 0 atom stereocenters. The minimum Gasteiger partial charge on any atom is -0.495 e. The fourth-order valence-electron chi connectivity index (χ4n) is 3.53. The van der Waals surface area contributed by atoms with Crippen molar-refractivity contribution in [2.45, 2.75) is 43.9 Å². The minimum absolute atomic E-state index is 0.0843. The van der Waals surface area contributed by atoms with E-state index in [0.29, 0.717) is 30.0 Å². The van der Waals surface area contributed by atoms with Crippen molar-refractivity contribution < 1.29 is 17.9 Å². The third kappa shape index (κ3) is 5.49. The zero-order valence-electron chi connectivity index (χ0n) is 17.4. The average Bonchev–Trinajstić information content (AvgIpc) is 2.74. The maximum absolute atomic E-state index is 12.8. The lowest BCUT2D eigenvalue weighted by Crippen LogP contribution is -2.25. The van der Waals surface area contributed by atoms with E-state index in [9.17, 15) is 13.2 Å². The summed E-state index contributed by atoms with van der Waals surface area (Å²) < 4.78 is 33.5. The fourth-order valence-corrected chi connectivity index (χ4v) is 4.59. The standard InChI is InChI=1S/C23H28N2O4S/c1-17-8-6-7-11-20(17)23(26)25-21-16-19(12-13-22(21)29-2)30(27,28)24-15-14-18-9-4-3-5-10-18/h6-9,11-13,16,24H,3-5,10,14-15H2,1-2H3,(H,25,26). The number of nitrogens with one attached hydrogen (secondary N) is 2. The molecular weight excluding hydrogens is 400 g/mol. The smallest absolute Gasteiger partial charge is 0.256 e. The number of ether oxygens (including phenoxy) is 1. The number of carbonyl (C=O) groups is 1. The molecule has 6 nitrogen and oxygen atoms in total. The molecule has 0 saturated heterocycles. The highest BCUT2D eigenvalue weighted by atomic mass is 32.2. The van der Waals surface area contributed by atoms with E-state index in [1.807, 2.05) is 19.1 Å². The third-order valence-electron chi connectivity index (χ3n) is 5.24. The number of rotatable bonds is 8. The normalized spacial score (nSPS) is 14.1. The molecule has 1 amide bonds. The van der Waals surface area contributed by atoms with Gasteiger partial charge in [0.15, 0.2) is 0 Å². The molecule has 7 heteroatoms. The van der Waals surface area contributed by atoms with Gasteiger partial charge in [0, 0.05) is 12.1 Å². The number of benzene rings is 2. The first-order chi connectivity index (χ1) is 14.4. The van der Waals surface area contributed by atoms with Gasteiger partial charge >= 0.3 is 0 Å². The first-order valence-electron chi connectivity index (χ1n) is 10.1. The number of methoxy groups -OCH3 is 1. The second kappa shape index (κ2) is 9.91. The Kier molecular flexibility index (Phi) is 7.29. The van der Waals surface area contributed by atoms with Crippen LogP contribution in [0.1, 0.15) is 48.0 Å². The van der Waals surface area contributed by atoms with E-state index < -0.39 is 10.0 Å². The number of hydrogen-bond acceptors (Lipinski definition) is 4. The molecule has 0 aromatic heterocycles. The van der Waals surface area contributed by atoms with Crippen molar-refractivity contribution in [3.05, 3.63) is 65.2 Å². The van der Waals surface area contributed by atoms with E-state index in [-0.39, 0.29) is 10.8 Å². The van der Waals surface area contributed by atoms with Crippen LogP contribution in [0.25, 0.3) is 0 Å². The lowest BCUT2D eigenvalue weighted by atomic mass is 9.97. The highest BCUT2D eigenvalue weighted by Crippen LogP contribution is 2.28. The van der Waals surface area contributed by atoms with Gasteiger partial charge in [0.25, 0.3) is 5.91 Å². The van der Waals surface area contributed by atoms with E-state index in [1.54, 1.807) is 18.2 Å². The number of sulfonamides is 1. The number of aryl methyl sites for hydroxylation is 1. The molecule has 1 aliphatic carbocycles. The van der Waals surface area contributed by atoms with E-state index in [2.05, 4.69) is 16.1 Å². The molecule has 0 saturated carbocycles. The van der Waals surface area contributed by atoms with E-state index in [0.717, 1.165) is 18.4 Å². The van der Waals surface area contributed by atoms with Crippen LogP contribution in [-0.2, 0) is 10.0 Å². The van der Waals surface area contributed by atoms with Crippen molar-refractivity contribution in [2.24, 2.45) is 0 Å². The number of carbonyl (C=O) groups excluding carboxylic acids is 1. The van der Waals surface area contributed by atoms with Crippen LogP contribution in [0, 0.1) is 6.92 Å². The average molecular weight is 429 g/mol. The van der Waals surface area contributed by atoms with Crippen molar-refractivity contribution in [3.63, 3.8) is 0 Å². The van der Waals surface area contributed by atoms with Crippen LogP contribution in [0.5, 0.6) is 5.75 Å². The molecule has 0 aliphatic heterocycles. The summed E-state index contributed by atoms with van der Waals surface area (Å²) >= 11 is 0. The molecular formula is C23H28N2O4S. The van der Waals surface area contributed by atoms with Crippen LogP contribution in [-0.4, -0.2) is 28.0 Å². The van der Waals surface area contributed by atoms with E-state index >= 15 is 0 Å². The zero-order valence-corrected chi connectivity index (χ0v) is 18.2. The van der Waals surface area contributed by atoms with E-state index in [4.69, 9.17) is 4.74 Å². The Morgan fingerprint density at radius 1 is 1.13 bits per heavy atom. The van der Waals surface area contributed by atoms with Gasteiger partial charge in [-0.25, -0.2) is 13.1 Å². The van der Waals surface area contributed by atoms with Crippen LogP contribution in [0.4, 0.5) is 5.69 Å². The minimum atomic E-state index is -3.70. The van der Waals surface area contributed by atoms with Crippen LogP contribution in [0.3, 0.4) is 0 Å². The molecule has 0 bridgehead atoms. The van der Waals surface area contributed by atoms with Crippen LogP contribution in [0.2, 0.25) is 0 Å². The highest BCUT2D eigenvalue weighted by molar-refractivity contribution is 7.89. The largest absolute Gasteiger partial charge is 0.495 e. The van der Waals surface area contributed by atoms with Crippen molar-refractivity contribution in [3.8, 4) is 5.75 Å². The molecule has 0 heterocycles. The second-order valence-electron chi connectivity index (χ2n) is 7.39. The van der Waals surface area contributed by atoms with Gasteiger partial charge in [0.05, 0.1) is 17.7 Å². The van der Waals surface area contributed by atoms with Gasteiger partial charge in [-0.3, -0.25) is 4.79 Å². The Bertz CT molecular complexity index is 1040. The van der Waals surface area contributed by atoms with Crippen LogP contribution >= 0.6 is 0 Å². The zero-order chi connectivity index (χ0) is 21.6. The molecule has 2 aromatic carbocycles. The summed E-state index contributed by atoms with van der Waals surface area (Å²) in [5.41, 5.74) is 2.97. The number of amides is 1. The SMILES string of the molecule is COc1ccc(S(=O)(=O)NCCC2=CCCCC2)cc1NC(=O)c1ccccc1C. The Labute approximate surface area is 178 Å². The van der Waals surface area contributed by atoms with Gasteiger partial charge in [-0.05, 0) is 68.9 Å². The Hall–Kier alpha value is -2.64. The molecule has 2 N–H and O–H groups in total. The molecule has 160 valence electrons. The number of hydrogen-bond donors (Lipinski definition) is 2. The first kappa shape index (κ1) is 22.1. The van der Waals surface area contributed by atoms with Gasteiger partial charge in [-0.15, -0.1) is 0 Å². The first-order valence-corrected chi connectivity index (χ1v) is 11.6. The highest BCUT2D eigenvalue weighted by Gasteiger charge is 2.18. The Balaban J connectivity index is 1.75. The topological polar surface area (TPSA) is 84.5 Å². The summed E-state index contributed by atoms with van der Waals surface area (Å²) in [4.78, 5) is 12.8. The summed E-state index contributed by atoms with van der Waals surface area (Å²) in [6.45, 7) is 2.20. The molecule has 3 rings (SSSR count). The van der Waals surface area contributed by atoms with Crippen molar-refractivity contribution in [1.29, 1.82) is 0 Å². The van der Waals surface area contributed by atoms with Crippen molar-refractivity contribution >= 4 is 21.6 Å². The number of anilines is 1. The predicted molar refractivity (Wildman–Crippen MR) is 118 cm³/mol. The van der Waals surface area contributed by atoms with Gasteiger partial charge in [0.2, 0.25) is 10.0 Å². The lowest BCUT2D eigenvalue weighted by molar-refractivity contribution is 0.102. The molecule has 1 aliphatic rings. The van der Waals surface area contributed by atoms with E-state index in [1.165, 1.54) is 37.7 Å². The molecule has 0 unspecified atom stereocenters. The quantitative estimate of drug-likeness (QED) is 0.610. The maximum Gasteiger partial charge on any atom is 0.256 e. The summed E-state index contributed by atoms with van der Waals surface area (Å²) in [5.74, 6) is 0.0707. The van der Waals surface area contributed by atoms with Gasteiger partial charge in [-0.1, -0.05) is 29.8 Å². The summed E-state index contributed by atoms with van der Waals surface area (Å²) in [6, 6.07) is 11.7. The van der Waals surface area contributed by atoms with Crippen LogP contribution in [0.15, 0.2) is 59.0 Å². The molecule has 30 heavy (non-hydrogen) atoms. The van der Waals surface area contributed by atoms with Crippen molar-refractivity contribution in [2.75, 3.05) is 19.0 Å². The molecule has 0 fully saturated rings.